The van der Waals surface area contributed by atoms with Gasteiger partial charge in [0, 0.05) is 28.4 Å². The maximum atomic E-state index is 13.4. The molecule has 1 aliphatic rings. The number of nitrogens with zero attached hydrogens (tertiary/aromatic N) is 2. The number of thiophene rings is 1. The van der Waals surface area contributed by atoms with Gasteiger partial charge < -0.3 is 4.98 Å². The van der Waals surface area contributed by atoms with E-state index < -0.39 is 0 Å². The van der Waals surface area contributed by atoms with Gasteiger partial charge in [0.2, 0.25) is 0 Å². The lowest BCUT2D eigenvalue weighted by Crippen LogP contribution is -2.28. The van der Waals surface area contributed by atoms with E-state index in [4.69, 9.17) is 0 Å². The number of thioether (sulfide) groups is 1. The molecule has 4 nitrogen and oxygen atoms in total. The Bertz CT molecular complexity index is 1210. The van der Waals surface area contributed by atoms with E-state index in [2.05, 4.69) is 10.1 Å². The third kappa shape index (κ3) is 3.66. The summed E-state index contributed by atoms with van der Waals surface area (Å²) in [5.41, 5.74) is 2.83. The highest BCUT2D eigenvalue weighted by Crippen LogP contribution is 2.35. The second kappa shape index (κ2) is 8.08. The predicted molar refractivity (Wildman–Crippen MR) is 120 cm³/mol. The van der Waals surface area contributed by atoms with Crippen LogP contribution in [0.15, 0.2) is 82.2 Å². The fourth-order valence-electron chi connectivity index (χ4n) is 3.65. The molecule has 1 N–H and O–H groups in total. The number of hydrazone groups is 1. The average molecular weight is 436 g/mol. The van der Waals surface area contributed by atoms with Gasteiger partial charge in [-0.3, -0.25) is 4.79 Å². The van der Waals surface area contributed by atoms with Crippen molar-refractivity contribution in [3.8, 4) is 0 Å². The van der Waals surface area contributed by atoms with Crippen molar-refractivity contribution in [1.29, 1.82) is 0 Å². The summed E-state index contributed by atoms with van der Waals surface area (Å²) in [6.07, 6.45) is 2.56. The smallest absolute Gasteiger partial charge is 0.253 e. The van der Waals surface area contributed by atoms with Crippen molar-refractivity contribution in [3.63, 3.8) is 0 Å². The van der Waals surface area contributed by atoms with Crippen molar-refractivity contribution >= 4 is 45.6 Å². The molecule has 0 unspecified atom stereocenters. The number of benzene rings is 2. The molecule has 3 heterocycles. The normalized spacial score (nSPS) is 16.2. The highest BCUT2D eigenvalue weighted by Gasteiger charge is 2.33. The van der Waals surface area contributed by atoms with Crippen LogP contribution in [-0.2, 0) is 4.79 Å². The van der Waals surface area contributed by atoms with Crippen molar-refractivity contribution in [2.45, 2.75) is 17.4 Å². The molecule has 0 saturated carbocycles. The van der Waals surface area contributed by atoms with Crippen molar-refractivity contribution in [2.75, 3.05) is 5.75 Å². The highest BCUT2D eigenvalue weighted by atomic mass is 32.2. The van der Waals surface area contributed by atoms with E-state index in [-0.39, 0.29) is 23.5 Å². The Morgan fingerprint density at radius 3 is 2.80 bits per heavy atom. The molecule has 30 heavy (non-hydrogen) atoms. The topological polar surface area (TPSA) is 48.5 Å². The van der Waals surface area contributed by atoms with Gasteiger partial charge in [-0.15, -0.1) is 23.1 Å². The SMILES string of the molecule is O=C(CSc1c[nH]c2ccccc12)N1N=C(c2cccs2)C[C@@H]1c1ccc(F)cc1. The summed E-state index contributed by atoms with van der Waals surface area (Å²) in [6, 6.07) is 18.1. The van der Waals surface area contributed by atoms with Gasteiger partial charge in [-0.1, -0.05) is 36.4 Å². The lowest BCUT2D eigenvalue weighted by atomic mass is 10.0. The van der Waals surface area contributed by atoms with Crippen LogP contribution in [0.2, 0.25) is 0 Å². The Kier molecular flexibility index (Phi) is 5.14. The molecule has 2 aromatic carbocycles. The van der Waals surface area contributed by atoms with Crippen molar-refractivity contribution < 1.29 is 9.18 Å². The summed E-state index contributed by atoms with van der Waals surface area (Å²) < 4.78 is 13.4. The van der Waals surface area contributed by atoms with E-state index >= 15 is 0 Å². The van der Waals surface area contributed by atoms with Crippen molar-refractivity contribution in [1.82, 2.24) is 9.99 Å². The average Bonchev–Trinajstić information content (AvgIpc) is 3.51. The number of halogens is 1. The molecule has 2 aromatic heterocycles. The minimum Gasteiger partial charge on any atom is -0.360 e. The van der Waals surface area contributed by atoms with Gasteiger partial charge in [0.15, 0.2) is 0 Å². The third-order valence-electron chi connectivity index (χ3n) is 5.13. The van der Waals surface area contributed by atoms with E-state index in [0.717, 1.165) is 32.0 Å². The maximum absolute atomic E-state index is 13.4. The van der Waals surface area contributed by atoms with E-state index in [1.165, 1.54) is 23.9 Å². The largest absolute Gasteiger partial charge is 0.360 e. The first kappa shape index (κ1) is 19.1. The molecule has 150 valence electrons. The summed E-state index contributed by atoms with van der Waals surface area (Å²) in [6.45, 7) is 0. The molecule has 1 atom stereocenters. The molecule has 1 aliphatic heterocycles. The summed E-state index contributed by atoms with van der Waals surface area (Å²) >= 11 is 3.11. The number of H-pyrrole nitrogens is 1. The Morgan fingerprint density at radius 2 is 2.00 bits per heavy atom. The minimum absolute atomic E-state index is 0.0637. The molecule has 0 bridgehead atoms. The Hall–Kier alpha value is -2.90. The molecule has 0 radical (unpaired) electrons. The lowest BCUT2D eigenvalue weighted by molar-refractivity contribution is -0.130. The number of nitrogens with one attached hydrogen (secondary N) is 1. The van der Waals surface area contributed by atoms with Crippen LogP contribution in [0.5, 0.6) is 0 Å². The van der Waals surface area contributed by atoms with Crippen LogP contribution in [0.3, 0.4) is 0 Å². The summed E-state index contributed by atoms with van der Waals surface area (Å²) in [5, 5.41) is 9.35. The molecule has 0 spiro atoms. The molecular formula is C23H18FN3OS2. The minimum atomic E-state index is -0.288. The van der Waals surface area contributed by atoms with Gasteiger partial charge in [0.1, 0.15) is 5.82 Å². The van der Waals surface area contributed by atoms with Gasteiger partial charge in [-0.2, -0.15) is 5.10 Å². The molecule has 0 saturated heterocycles. The maximum Gasteiger partial charge on any atom is 0.253 e. The van der Waals surface area contributed by atoms with Crippen LogP contribution in [0.1, 0.15) is 22.9 Å². The standard InChI is InChI=1S/C23H18FN3OS2/c24-16-9-7-15(8-10-16)20-12-19(21-6-3-11-29-21)26-27(20)23(28)14-30-22-13-25-18-5-2-1-4-17(18)22/h1-11,13,20,25H,12,14H2/t20-/m1/s1. The Balaban J connectivity index is 1.39. The van der Waals surface area contributed by atoms with E-state index in [1.54, 1.807) is 28.5 Å². The Morgan fingerprint density at radius 1 is 1.17 bits per heavy atom. The number of hydrogen-bond donors (Lipinski definition) is 1. The van der Waals surface area contributed by atoms with Gasteiger partial charge >= 0.3 is 0 Å². The first-order valence-electron chi connectivity index (χ1n) is 9.57. The lowest BCUT2D eigenvalue weighted by Gasteiger charge is -2.22. The van der Waals surface area contributed by atoms with Crippen LogP contribution < -0.4 is 0 Å². The van der Waals surface area contributed by atoms with E-state index in [0.29, 0.717) is 6.42 Å². The second-order valence-corrected chi connectivity index (χ2v) is 8.99. The summed E-state index contributed by atoms with van der Waals surface area (Å²) in [5.74, 6) is -0.0732. The second-order valence-electron chi connectivity index (χ2n) is 7.02. The fraction of sp³-hybridized carbons (Fsp3) is 0.130. The molecule has 0 fully saturated rings. The third-order valence-corrected chi connectivity index (χ3v) is 7.09. The first-order chi connectivity index (χ1) is 14.7. The van der Waals surface area contributed by atoms with E-state index in [9.17, 15) is 9.18 Å². The summed E-state index contributed by atoms with van der Waals surface area (Å²) in [7, 11) is 0. The molecular weight excluding hydrogens is 417 g/mol. The number of rotatable bonds is 5. The van der Waals surface area contributed by atoms with Crippen molar-refractivity contribution in [2.24, 2.45) is 5.10 Å². The van der Waals surface area contributed by atoms with Gasteiger partial charge in [0.25, 0.3) is 5.91 Å². The number of carbonyl (C=O) groups is 1. The zero-order valence-electron chi connectivity index (χ0n) is 15.9. The van der Waals surface area contributed by atoms with Gasteiger partial charge in [0.05, 0.1) is 22.4 Å². The monoisotopic (exact) mass is 435 g/mol. The van der Waals surface area contributed by atoms with E-state index in [1.807, 2.05) is 48.0 Å². The number of aromatic nitrogens is 1. The zero-order chi connectivity index (χ0) is 20.5. The number of carbonyl (C=O) groups excluding carboxylic acids is 1. The predicted octanol–water partition coefficient (Wildman–Crippen LogP) is 5.84. The first-order valence-corrected chi connectivity index (χ1v) is 11.4. The molecule has 0 aliphatic carbocycles. The molecule has 1 amide bonds. The molecule has 4 aromatic rings. The number of hydrogen-bond acceptors (Lipinski definition) is 4. The van der Waals surface area contributed by atoms with Gasteiger partial charge in [-0.25, -0.2) is 9.40 Å². The Labute approximate surface area is 181 Å². The molecule has 5 rings (SSSR count). The van der Waals surface area contributed by atoms with Crippen LogP contribution in [0, 0.1) is 5.82 Å². The van der Waals surface area contributed by atoms with Crippen molar-refractivity contribution in [3.05, 3.63) is 88.5 Å². The van der Waals surface area contributed by atoms with Crippen LogP contribution in [0.25, 0.3) is 10.9 Å². The van der Waals surface area contributed by atoms with Crippen LogP contribution >= 0.6 is 23.1 Å². The van der Waals surface area contributed by atoms with Crippen LogP contribution in [-0.4, -0.2) is 27.4 Å². The number of fused-ring (bicyclic) bond motifs is 1. The van der Waals surface area contributed by atoms with Crippen LogP contribution in [0.4, 0.5) is 4.39 Å². The highest BCUT2D eigenvalue weighted by molar-refractivity contribution is 8.00. The summed E-state index contributed by atoms with van der Waals surface area (Å²) in [4.78, 5) is 18.5. The number of para-hydroxylation sites is 1. The quantitative estimate of drug-likeness (QED) is 0.401. The molecule has 7 heteroatoms. The zero-order valence-corrected chi connectivity index (χ0v) is 17.5. The number of amides is 1. The fourth-order valence-corrected chi connectivity index (χ4v) is 5.25. The number of aromatic amines is 1. The van der Waals surface area contributed by atoms with Gasteiger partial charge in [-0.05, 0) is 35.2 Å².